The van der Waals surface area contributed by atoms with Gasteiger partial charge in [-0.05, 0) is 0 Å². The van der Waals surface area contributed by atoms with Gasteiger partial charge >= 0.3 is 0 Å². The molecule has 1 amide bonds. The Labute approximate surface area is 124 Å². The van der Waals surface area contributed by atoms with Crippen molar-refractivity contribution in [2.45, 2.75) is 18.2 Å². The van der Waals surface area contributed by atoms with Crippen molar-refractivity contribution in [3.8, 4) is 0 Å². The molecule has 2 fully saturated rings. The Bertz CT molecular complexity index is 490. The number of likely N-dealkylation sites (N-methyl/N-ethyl adjacent to an activating group) is 1. The molecular formula is C12H22N2O6S. The second-order valence-electron chi connectivity index (χ2n) is 5.60. The molecule has 2 heterocycles. The number of aliphatic hydroxyl groups excluding tert-OH is 1. The van der Waals surface area contributed by atoms with Gasteiger partial charge in [0.25, 0.3) is 0 Å². The first kappa shape index (κ1) is 16.6. The van der Waals surface area contributed by atoms with Gasteiger partial charge in [0, 0.05) is 27.2 Å². The summed E-state index contributed by atoms with van der Waals surface area (Å²) in [4.78, 5) is 13.8. The largest absolute Gasteiger partial charge is 0.388 e. The average Bonchev–Trinajstić information content (AvgIpc) is 2.34. The lowest BCUT2D eigenvalue weighted by Crippen LogP contribution is -2.61. The minimum atomic E-state index is -3.24. The molecule has 0 saturated carbocycles. The van der Waals surface area contributed by atoms with Crippen LogP contribution < -0.4 is 0 Å². The minimum Gasteiger partial charge on any atom is -0.388 e. The average molecular weight is 322 g/mol. The highest BCUT2D eigenvalue weighted by Gasteiger charge is 2.43. The van der Waals surface area contributed by atoms with Crippen LogP contribution in [-0.4, -0.2) is 93.6 Å². The van der Waals surface area contributed by atoms with Crippen molar-refractivity contribution in [2.75, 3.05) is 46.7 Å². The predicted octanol–water partition coefficient (Wildman–Crippen LogP) is -1.89. The maximum atomic E-state index is 12.3. The lowest BCUT2D eigenvalue weighted by atomic mass is 9.97. The lowest BCUT2D eigenvalue weighted by molar-refractivity contribution is -0.163. The number of rotatable bonds is 4. The molecule has 0 aliphatic carbocycles. The molecule has 2 rings (SSSR count). The number of carbonyl (C=O) groups excluding carboxylic acids is 1. The van der Waals surface area contributed by atoms with Crippen molar-refractivity contribution < 1.29 is 27.8 Å². The molecular weight excluding hydrogens is 300 g/mol. The van der Waals surface area contributed by atoms with Gasteiger partial charge in [-0.1, -0.05) is 0 Å². The van der Waals surface area contributed by atoms with E-state index in [0.717, 1.165) is 6.26 Å². The molecule has 3 atom stereocenters. The molecule has 9 heteroatoms. The highest BCUT2D eigenvalue weighted by Crippen LogP contribution is 2.23. The standard InChI is InChI=1S/C12H22N2O6S/c1-13(9-6-20-7-10(19-2)11(9)15)12(16)8-4-14(5-8)21(3,17)18/h8-11,15H,4-7H2,1-3H3/t9-,10-,11+/m1/s1. The van der Waals surface area contributed by atoms with E-state index in [-0.39, 0.29) is 31.5 Å². The number of nitrogens with zero attached hydrogens (tertiary/aromatic N) is 2. The SMILES string of the molecule is CO[C@@H]1COC[C@@H](N(C)C(=O)C2CN(S(C)(=O)=O)C2)[C@@H]1O. The van der Waals surface area contributed by atoms with Gasteiger partial charge in [-0.2, -0.15) is 0 Å². The molecule has 8 nitrogen and oxygen atoms in total. The first-order chi connectivity index (χ1) is 9.75. The summed E-state index contributed by atoms with van der Waals surface area (Å²) in [6.45, 7) is 0.923. The Morgan fingerprint density at radius 1 is 1.38 bits per heavy atom. The Kier molecular flexibility index (Phi) is 4.89. The zero-order valence-electron chi connectivity index (χ0n) is 12.4. The fourth-order valence-corrected chi connectivity index (χ4v) is 3.52. The van der Waals surface area contributed by atoms with E-state index in [2.05, 4.69) is 0 Å². The van der Waals surface area contributed by atoms with Crippen molar-refractivity contribution in [3.63, 3.8) is 0 Å². The number of sulfonamides is 1. The molecule has 0 radical (unpaired) electrons. The van der Waals surface area contributed by atoms with E-state index in [4.69, 9.17) is 9.47 Å². The topological polar surface area (TPSA) is 96.4 Å². The second-order valence-corrected chi connectivity index (χ2v) is 7.58. The third kappa shape index (κ3) is 3.37. The van der Waals surface area contributed by atoms with E-state index in [1.807, 2.05) is 0 Å². The zero-order valence-corrected chi connectivity index (χ0v) is 13.2. The summed E-state index contributed by atoms with van der Waals surface area (Å²) in [7, 11) is -0.157. The number of hydrogen-bond donors (Lipinski definition) is 1. The van der Waals surface area contributed by atoms with Gasteiger partial charge in [-0.25, -0.2) is 12.7 Å². The Morgan fingerprint density at radius 3 is 2.52 bits per heavy atom. The zero-order chi connectivity index (χ0) is 15.8. The molecule has 2 saturated heterocycles. The van der Waals surface area contributed by atoms with Crippen LogP contribution in [0.15, 0.2) is 0 Å². The molecule has 0 bridgehead atoms. The van der Waals surface area contributed by atoms with E-state index in [0.29, 0.717) is 6.61 Å². The van der Waals surface area contributed by atoms with Gasteiger partial charge in [-0.3, -0.25) is 4.79 Å². The van der Waals surface area contributed by atoms with Gasteiger partial charge in [0.05, 0.1) is 31.4 Å². The third-order valence-electron chi connectivity index (χ3n) is 4.16. The molecule has 1 N–H and O–H groups in total. The molecule has 2 aliphatic heterocycles. The minimum absolute atomic E-state index is 0.181. The maximum absolute atomic E-state index is 12.3. The van der Waals surface area contributed by atoms with E-state index in [1.54, 1.807) is 7.05 Å². The van der Waals surface area contributed by atoms with Crippen LogP contribution in [-0.2, 0) is 24.3 Å². The summed E-state index contributed by atoms with van der Waals surface area (Å²) in [6.07, 6.45) is -0.157. The van der Waals surface area contributed by atoms with Gasteiger partial charge < -0.3 is 19.5 Å². The van der Waals surface area contributed by atoms with Crippen LogP contribution >= 0.6 is 0 Å². The summed E-state index contributed by atoms with van der Waals surface area (Å²) >= 11 is 0. The van der Waals surface area contributed by atoms with Gasteiger partial charge in [0.2, 0.25) is 15.9 Å². The van der Waals surface area contributed by atoms with Crippen LogP contribution in [0.5, 0.6) is 0 Å². The molecule has 0 aromatic carbocycles. The van der Waals surface area contributed by atoms with Gasteiger partial charge in [0.1, 0.15) is 12.2 Å². The number of methoxy groups -OCH3 is 1. The molecule has 0 aromatic rings. The van der Waals surface area contributed by atoms with Crippen LogP contribution in [0.3, 0.4) is 0 Å². The number of hydrogen-bond acceptors (Lipinski definition) is 6. The van der Waals surface area contributed by atoms with Crippen LogP contribution in [0, 0.1) is 5.92 Å². The van der Waals surface area contributed by atoms with Crippen molar-refractivity contribution in [1.29, 1.82) is 0 Å². The van der Waals surface area contributed by atoms with Crippen molar-refractivity contribution in [1.82, 2.24) is 9.21 Å². The van der Waals surface area contributed by atoms with Crippen molar-refractivity contribution in [3.05, 3.63) is 0 Å². The molecule has 122 valence electrons. The van der Waals surface area contributed by atoms with Gasteiger partial charge in [-0.15, -0.1) is 0 Å². The Morgan fingerprint density at radius 2 is 2.00 bits per heavy atom. The Balaban J connectivity index is 1.94. The fraction of sp³-hybridized carbons (Fsp3) is 0.917. The van der Waals surface area contributed by atoms with E-state index >= 15 is 0 Å². The first-order valence-corrected chi connectivity index (χ1v) is 8.61. The number of aliphatic hydroxyl groups is 1. The van der Waals surface area contributed by atoms with Crippen molar-refractivity contribution in [2.24, 2.45) is 5.92 Å². The van der Waals surface area contributed by atoms with Crippen LogP contribution in [0.1, 0.15) is 0 Å². The predicted molar refractivity (Wildman–Crippen MR) is 74.1 cm³/mol. The molecule has 0 spiro atoms. The quantitative estimate of drug-likeness (QED) is 0.650. The first-order valence-electron chi connectivity index (χ1n) is 6.76. The smallest absolute Gasteiger partial charge is 0.228 e. The summed E-state index contributed by atoms with van der Waals surface area (Å²) in [5, 5.41) is 10.2. The van der Waals surface area contributed by atoms with Crippen LogP contribution in [0.25, 0.3) is 0 Å². The van der Waals surface area contributed by atoms with Crippen LogP contribution in [0.4, 0.5) is 0 Å². The number of carbonyl (C=O) groups is 1. The van der Waals surface area contributed by atoms with E-state index in [9.17, 15) is 18.3 Å². The Hall–Kier alpha value is -0.740. The summed E-state index contributed by atoms with van der Waals surface area (Å²) in [5.41, 5.74) is 0. The fourth-order valence-electron chi connectivity index (χ4n) is 2.61. The van der Waals surface area contributed by atoms with Crippen molar-refractivity contribution >= 4 is 15.9 Å². The molecule has 21 heavy (non-hydrogen) atoms. The summed E-state index contributed by atoms with van der Waals surface area (Å²) < 4.78 is 34.4. The van der Waals surface area contributed by atoms with Gasteiger partial charge in [0.15, 0.2) is 0 Å². The van der Waals surface area contributed by atoms with E-state index < -0.39 is 28.3 Å². The third-order valence-corrected chi connectivity index (χ3v) is 5.40. The highest BCUT2D eigenvalue weighted by atomic mass is 32.2. The number of ether oxygens (including phenoxy) is 2. The monoisotopic (exact) mass is 322 g/mol. The number of amides is 1. The summed E-state index contributed by atoms with van der Waals surface area (Å²) in [6, 6.07) is -0.483. The van der Waals surface area contributed by atoms with Crippen LogP contribution in [0.2, 0.25) is 0 Å². The second kappa shape index (κ2) is 6.17. The summed E-state index contributed by atoms with van der Waals surface area (Å²) in [5.74, 6) is -0.542. The molecule has 0 aromatic heterocycles. The lowest BCUT2D eigenvalue weighted by Gasteiger charge is -2.43. The van der Waals surface area contributed by atoms with E-state index in [1.165, 1.54) is 16.3 Å². The maximum Gasteiger partial charge on any atom is 0.228 e. The highest BCUT2D eigenvalue weighted by molar-refractivity contribution is 7.88. The normalized spacial score (nSPS) is 31.7. The molecule has 2 aliphatic rings. The molecule has 0 unspecified atom stereocenters.